The first-order valence-corrected chi connectivity index (χ1v) is 10.8. The zero-order valence-electron chi connectivity index (χ0n) is 14.4. The molecular weight excluding hydrogens is 338 g/mol. The van der Waals surface area contributed by atoms with Crippen molar-refractivity contribution in [1.82, 2.24) is 13.9 Å². The Morgan fingerprint density at radius 2 is 1.80 bits per heavy atom. The summed E-state index contributed by atoms with van der Waals surface area (Å²) in [5, 5.41) is 0.613. The Hall–Kier alpha value is -1.73. The molecule has 134 valence electrons. The maximum absolute atomic E-state index is 13.2. The Bertz CT molecular complexity index is 961. The van der Waals surface area contributed by atoms with Crippen LogP contribution in [0.2, 0.25) is 0 Å². The SMILES string of the molecule is CS(=O)(=O)N1CCCC1c1nc2ccccc2c(=O)n1C1CCCC1. The average Bonchev–Trinajstić information content (AvgIpc) is 3.26. The van der Waals surface area contributed by atoms with Crippen LogP contribution >= 0.6 is 0 Å². The highest BCUT2D eigenvalue weighted by atomic mass is 32.2. The van der Waals surface area contributed by atoms with Crippen molar-refractivity contribution >= 4 is 20.9 Å². The molecule has 1 atom stereocenters. The number of fused-ring (bicyclic) bond motifs is 1. The minimum absolute atomic E-state index is 0.0344. The molecule has 2 heterocycles. The third kappa shape index (κ3) is 2.89. The summed E-state index contributed by atoms with van der Waals surface area (Å²) < 4.78 is 27.7. The van der Waals surface area contributed by atoms with Gasteiger partial charge >= 0.3 is 0 Å². The second-order valence-corrected chi connectivity index (χ2v) is 9.07. The molecule has 25 heavy (non-hydrogen) atoms. The molecular formula is C18H23N3O3S. The number of para-hydroxylation sites is 1. The van der Waals surface area contributed by atoms with Crippen LogP contribution in [0.1, 0.15) is 56.4 Å². The van der Waals surface area contributed by atoms with Crippen LogP contribution in [0.3, 0.4) is 0 Å². The number of nitrogens with zero attached hydrogens (tertiary/aromatic N) is 3. The lowest BCUT2D eigenvalue weighted by molar-refractivity contribution is 0.354. The maximum atomic E-state index is 13.2. The lowest BCUT2D eigenvalue weighted by Gasteiger charge is -2.27. The van der Waals surface area contributed by atoms with Crippen LogP contribution in [0.25, 0.3) is 10.9 Å². The number of sulfonamides is 1. The van der Waals surface area contributed by atoms with Gasteiger partial charge in [-0.2, -0.15) is 4.31 Å². The number of hydrogen-bond acceptors (Lipinski definition) is 4. The van der Waals surface area contributed by atoms with E-state index in [0.29, 0.717) is 29.7 Å². The molecule has 6 nitrogen and oxygen atoms in total. The summed E-state index contributed by atoms with van der Waals surface area (Å²) >= 11 is 0. The first-order chi connectivity index (χ1) is 12.0. The standard InChI is InChI=1S/C18H23N3O3S/c1-25(23,24)20-12-6-11-16(20)17-19-15-10-5-4-9-14(15)18(22)21(17)13-7-2-3-8-13/h4-5,9-10,13,16H,2-3,6-8,11-12H2,1H3. The molecule has 2 fully saturated rings. The second-order valence-electron chi connectivity index (χ2n) is 7.13. The fraction of sp³-hybridized carbons (Fsp3) is 0.556. The van der Waals surface area contributed by atoms with Gasteiger partial charge in [0.25, 0.3) is 5.56 Å². The molecule has 1 saturated carbocycles. The highest BCUT2D eigenvalue weighted by Gasteiger charge is 2.37. The summed E-state index contributed by atoms with van der Waals surface area (Å²) in [6, 6.07) is 7.14. The van der Waals surface area contributed by atoms with Crippen molar-refractivity contribution in [3.05, 3.63) is 40.4 Å². The Kier molecular flexibility index (Phi) is 4.16. The van der Waals surface area contributed by atoms with E-state index < -0.39 is 10.0 Å². The molecule has 0 amide bonds. The topological polar surface area (TPSA) is 72.3 Å². The normalized spacial score (nSPS) is 22.8. The fourth-order valence-electron chi connectivity index (χ4n) is 4.31. The maximum Gasteiger partial charge on any atom is 0.261 e. The number of aromatic nitrogens is 2. The fourth-order valence-corrected chi connectivity index (χ4v) is 5.43. The van der Waals surface area contributed by atoms with Crippen molar-refractivity contribution in [3.8, 4) is 0 Å². The lowest BCUT2D eigenvalue weighted by Crippen LogP contribution is -2.36. The van der Waals surface area contributed by atoms with E-state index in [-0.39, 0.29) is 17.6 Å². The molecule has 7 heteroatoms. The van der Waals surface area contributed by atoms with Crippen LogP contribution in [-0.4, -0.2) is 35.1 Å². The van der Waals surface area contributed by atoms with E-state index in [0.717, 1.165) is 32.1 Å². The van der Waals surface area contributed by atoms with E-state index in [4.69, 9.17) is 4.98 Å². The van der Waals surface area contributed by atoms with Crippen LogP contribution in [-0.2, 0) is 10.0 Å². The van der Waals surface area contributed by atoms with Crippen molar-refractivity contribution in [2.45, 2.75) is 50.6 Å². The molecule has 0 N–H and O–H groups in total. The summed E-state index contributed by atoms with van der Waals surface area (Å²) in [4.78, 5) is 18.0. The molecule has 4 rings (SSSR count). The van der Waals surface area contributed by atoms with E-state index in [1.54, 1.807) is 0 Å². The van der Waals surface area contributed by atoms with E-state index in [2.05, 4.69) is 0 Å². The zero-order chi connectivity index (χ0) is 17.6. The van der Waals surface area contributed by atoms with Gasteiger partial charge in [0, 0.05) is 12.6 Å². The van der Waals surface area contributed by atoms with E-state index in [9.17, 15) is 13.2 Å². The van der Waals surface area contributed by atoms with Gasteiger partial charge < -0.3 is 0 Å². The number of hydrogen-bond donors (Lipinski definition) is 0. The summed E-state index contributed by atoms with van der Waals surface area (Å²) in [6.45, 7) is 0.497. The summed E-state index contributed by atoms with van der Waals surface area (Å²) in [5.74, 6) is 0.624. The van der Waals surface area contributed by atoms with Crippen LogP contribution in [0, 0.1) is 0 Å². The van der Waals surface area contributed by atoms with Crippen LogP contribution in [0.4, 0.5) is 0 Å². The molecule has 0 spiro atoms. The van der Waals surface area contributed by atoms with Gasteiger partial charge in [-0.3, -0.25) is 9.36 Å². The van der Waals surface area contributed by atoms with Crippen molar-refractivity contribution < 1.29 is 8.42 Å². The Morgan fingerprint density at radius 3 is 2.52 bits per heavy atom. The van der Waals surface area contributed by atoms with Gasteiger partial charge in [0.05, 0.1) is 23.2 Å². The van der Waals surface area contributed by atoms with Crippen molar-refractivity contribution in [1.29, 1.82) is 0 Å². The molecule has 1 saturated heterocycles. The molecule has 1 unspecified atom stereocenters. The third-order valence-electron chi connectivity index (χ3n) is 5.45. The zero-order valence-corrected chi connectivity index (χ0v) is 15.2. The van der Waals surface area contributed by atoms with Crippen LogP contribution in [0.15, 0.2) is 29.1 Å². The van der Waals surface area contributed by atoms with Gasteiger partial charge in [0.15, 0.2) is 0 Å². The third-order valence-corrected chi connectivity index (χ3v) is 6.74. The predicted octanol–water partition coefficient (Wildman–Crippen LogP) is 2.61. The van der Waals surface area contributed by atoms with E-state index in [1.807, 2.05) is 28.8 Å². The molecule has 1 aliphatic heterocycles. The minimum atomic E-state index is -3.33. The average molecular weight is 361 g/mol. The molecule has 2 aromatic rings. The summed E-state index contributed by atoms with van der Waals surface area (Å²) in [5.41, 5.74) is 0.616. The Morgan fingerprint density at radius 1 is 1.08 bits per heavy atom. The predicted molar refractivity (Wildman–Crippen MR) is 97.0 cm³/mol. The highest BCUT2D eigenvalue weighted by molar-refractivity contribution is 7.88. The van der Waals surface area contributed by atoms with Gasteiger partial charge in [0.1, 0.15) is 5.82 Å². The smallest absolute Gasteiger partial charge is 0.261 e. The molecule has 2 aliphatic rings. The van der Waals surface area contributed by atoms with Gasteiger partial charge in [-0.15, -0.1) is 0 Å². The van der Waals surface area contributed by atoms with Gasteiger partial charge in [0.2, 0.25) is 10.0 Å². The number of rotatable bonds is 3. The van der Waals surface area contributed by atoms with Crippen molar-refractivity contribution in [3.63, 3.8) is 0 Å². The minimum Gasteiger partial charge on any atom is -0.292 e. The first-order valence-electron chi connectivity index (χ1n) is 8.95. The molecule has 1 aromatic heterocycles. The van der Waals surface area contributed by atoms with Crippen LogP contribution < -0.4 is 5.56 Å². The highest BCUT2D eigenvalue weighted by Crippen LogP contribution is 2.37. The second kappa shape index (κ2) is 6.21. The number of benzene rings is 1. The van der Waals surface area contributed by atoms with Gasteiger partial charge in [-0.25, -0.2) is 13.4 Å². The lowest BCUT2D eigenvalue weighted by atomic mass is 10.1. The largest absolute Gasteiger partial charge is 0.292 e. The first kappa shape index (κ1) is 16.7. The van der Waals surface area contributed by atoms with Crippen LogP contribution in [0.5, 0.6) is 0 Å². The van der Waals surface area contributed by atoms with Crippen molar-refractivity contribution in [2.75, 3.05) is 12.8 Å². The summed E-state index contributed by atoms with van der Waals surface area (Å²) in [6.07, 6.45) is 6.87. The van der Waals surface area contributed by atoms with Gasteiger partial charge in [-0.05, 0) is 37.8 Å². The Balaban J connectivity index is 1.95. The van der Waals surface area contributed by atoms with E-state index in [1.165, 1.54) is 10.6 Å². The quantitative estimate of drug-likeness (QED) is 0.842. The molecule has 0 radical (unpaired) electrons. The monoisotopic (exact) mass is 361 g/mol. The molecule has 1 aromatic carbocycles. The Labute approximate surface area is 147 Å². The van der Waals surface area contributed by atoms with Gasteiger partial charge in [-0.1, -0.05) is 25.0 Å². The summed E-state index contributed by atoms with van der Waals surface area (Å²) in [7, 11) is -3.33. The molecule has 0 bridgehead atoms. The molecule has 1 aliphatic carbocycles. The van der Waals surface area contributed by atoms with Crippen molar-refractivity contribution in [2.24, 2.45) is 0 Å². The van der Waals surface area contributed by atoms with E-state index >= 15 is 0 Å².